The van der Waals surface area contributed by atoms with Crippen LogP contribution in [0.4, 0.5) is 0 Å². The summed E-state index contributed by atoms with van der Waals surface area (Å²) in [7, 11) is -3.72. The topological polar surface area (TPSA) is 83.5 Å². The van der Waals surface area contributed by atoms with Gasteiger partial charge >= 0.3 is 5.97 Å². The summed E-state index contributed by atoms with van der Waals surface area (Å²) in [5.41, 5.74) is 0.591. The van der Waals surface area contributed by atoms with Crippen LogP contribution in [-0.4, -0.2) is 25.5 Å². The predicted molar refractivity (Wildman–Crippen MR) is 80.8 cm³/mol. The van der Waals surface area contributed by atoms with E-state index in [9.17, 15) is 13.2 Å². The van der Waals surface area contributed by atoms with Gasteiger partial charge in [-0.1, -0.05) is 54.4 Å². The number of carboxylic acid groups (broad SMARTS) is 1. The summed E-state index contributed by atoms with van der Waals surface area (Å²) in [5.74, 6) is -1.69. The molecule has 20 heavy (non-hydrogen) atoms. The second-order valence-electron chi connectivity index (χ2n) is 4.67. The molecule has 7 heteroatoms. The Labute approximate surface area is 127 Å². The Balaban J connectivity index is 2.89. The van der Waals surface area contributed by atoms with Crippen LogP contribution >= 0.6 is 15.9 Å². The molecule has 1 aromatic rings. The molecule has 0 spiro atoms. The lowest BCUT2D eigenvalue weighted by Crippen LogP contribution is -2.45. The van der Waals surface area contributed by atoms with Gasteiger partial charge in [0.2, 0.25) is 10.0 Å². The van der Waals surface area contributed by atoms with Gasteiger partial charge in [-0.25, -0.2) is 13.1 Å². The highest BCUT2D eigenvalue weighted by atomic mass is 79.9. The minimum atomic E-state index is -3.72. The van der Waals surface area contributed by atoms with E-state index in [1.165, 1.54) is 0 Å². The highest BCUT2D eigenvalue weighted by Crippen LogP contribution is 2.19. The van der Waals surface area contributed by atoms with Crippen molar-refractivity contribution in [3.05, 3.63) is 34.3 Å². The van der Waals surface area contributed by atoms with Crippen LogP contribution in [0.3, 0.4) is 0 Å². The Hall–Kier alpha value is -0.920. The molecule has 0 saturated carbocycles. The van der Waals surface area contributed by atoms with Gasteiger partial charge in [0.15, 0.2) is 0 Å². The zero-order valence-corrected chi connectivity index (χ0v) is 13.7. The van der Waals surface area contributed by atoms with Crippen molar-refractivity contribution in [2.45, 2.75) is 32.1 Å². The van der Waals surface area contributed by atoms with Gasteiger partial charge < -0.3 is 5.11 Å². The molecule has 0 saturated heterocycles. The Morgan fingerprint density at radius 3 is 2.50 bits per heavy atom. The molecule has 0 unspecified atom stereocenters. The Morgan fingerprint density at radius 2 is 2.00 bits per heavy atom. The molecule has 0 heterocycles. The average Bonchev–Trinajstić information content (AvgIpc) is 2.37. The molecular weight excluding hydrogens is 346 g/mol. The fourth-order valence-corrected chi connectivity index (χ4v) is 3.78. The second-order valence-corrected chi connectivity index (χ2v) is 7.28. The monoisotopic (exact) mass is 363 g/mol. The van der Waals surface area contributed by atoms with E-state index in [0.29, 0.717) is 16.5 Å². The van der Waals surface area contributed by atoms with Crippen molar-refractivity contribution in [2.24, 2.45) is 5.92 Å². The Morgan fingerprint density at radius 1 is 1.40 bits per heavy atom. The van der Waals surface area contributed by atoms with E-state index in [-0.39, 0.29) is 11.7 Å². The molecule has 112 valence electrons. The lowest BCUT2D eigenvalue weighted by molar-refractivity contribution is -0.140. The predicted octanol–water partition coefficient (Wildman–Crippen LogP) is 2.37. The highest BCUT2D eigenvalue weighted by molar-refractivity contribution is 9.10. The first-order chi connectivity index (χ1) is 9.26. The fraction of sp³-hybridized carbons (Fsp3) is 0.462. The number of sulfonamides is 1. The molecule has 2 N–H and O–H groups in total. The molecule has 0 radical (unpaired) electrons. The van der Waals surface area contributed by atoms with Gasteiger partial charge in [-0.15, -0.1) is 0 Å². The summed E-state index contributed by atoms with van der Waals surface area (Å²) in [6, 6.07) is 5.84. The summed E-state index contributed by atoms with van der Waals surface area (Å²) in [5, 5.41) is 9.12. The van der Waals surface area contributed by atoms with Gasteiger partial charge in [-0.2, -0.15) is 0 Å². The van der Waals surface area contributed by atoms with E-state index < -0.39 is 22.0 Å². The van der Waals surface area contributed by atoms with Crippen LogP contribution in [0.25, 0.3) is 0 Å². The van der Waals surface area contributed by atoms with Gasteiger partial charge in [-0.3, -0.25) is 4.79 Å². The van der Waals surface area contributed by atoms with Crippen molar-refractivity contribution in [1.82, 2.24) is 4.72 Å². The quantitative estimate of drug-likeness (QED) is 0.778. The molecule has 1 rings (SSSR count). The van der Waals surface area contributed by atoms with Crippen LogP contribution in [0.15, 0.2) is 28.7 Å². The number of nitrogens with one attached hydrogen (secondary N) is 1. The zero-order chi connectivity index (χ0) is 15.3. The highest BCUT2D eigenvalue weighted by Gasteiger charge is 2.28. The van der Waals surface area contributed by atoms with Crippen LogP contribution in [0.2, 0.25) is 0 Å². The van der Waals surface area contributed by atoms with Crippen molar-refractivity contribution in [3.8, 4) is 0 Å². The molecule has 0 aliphatic rings. The first kappa shape index (κ1) is 17.1. The number of halogens is 1. The lowest BCUT2D eigenvalue weighted by atomic mass is 10.0. The normalized spacial score (nSPS) is 14.8. The third kappa shape index (κ3) is 4.88. The fourth-order valence-electron chi connectivity index (χ4n) is 1.70. The van der Waals surface area contributed by atoms with Crippen LogP contribution in [0.5, 0.6) is 0 Å². The van der Waals surface area contributed by atoms with E-state index in [2.05, 4.69) is 20.7 Å². The van der Waals surface area contributed by atoms with Crippen molar-refractivity contribution < 1.29 is 18.3 Å². The Bertz CT molecular complexity index is 573. The summed E-state index contributed by atoms with van der Waals surface area (Å²) >= 11 is 3.28. The van der Waals surface area contributed by atoms with Crippen LogP contribution < -0.4 is 4.72 Å². The number of hydrogen-bond acceptors (Lipinski definition) is 3. The van der Waals surface area contributed by atoms with Crippen LogP contribution in [-0.2, 0) is 20.6 Å². The van der Waals surface area contributed by atoms with Crippen molar-refractivity contribution in [2.75, 3.05) is 0 Å². The largest absolute Gasteiger partial charge is 0.480 e. The zero-order valence-electron chi connectivity index (χ0n) is 11.3. The van der Waals surface area contributed by atoms with Gasteiger partial charge in [0.05, 0.1) is 5.75 Å². The minimum absolute atomic E-state index is 0.255. The van der Waals surface area contributed by atoms with Gasteiger partial charge in [0.1, 0.15) is 6.04 Å². The number of rotatable bonds is 7. The molecule has 0 bridgehead atoms. The van der Waals surface area contributed by atoms with E-state index in [1.54, 1.807) is 31.2 Å². The summed E-state index contributed by atoms with van der Waals surface area (Å²) in [6.45, 7) is 3.53. The molecule has 0 aliphatic heterocycles. The molecule has 0 amide bonds. The van der Waals surface area contributed by atoms with E-state index in [1.807, 2.05) is 6.92 Å². The number of aliphatic carboxylic acids is 1. The second kappa shape index (κ2) is 7.19. The molecule has 1 aromatic carbocycles. The maximum atomic E-state index is 12.1. The summed E-state index contributed by atoms with van der Waals surface area (Å²) < 4.78 is 27.1. The third-order valence-corrected chi connectivity index (χ3v) is 5.17. The molecule has 0 aliphatic carbocycles. The number of carboxylic acids is 1. The maximum absolute atomic E-state index is 12.1. The van der Waals surface area contributed by atoms with Gasteiger partial charge in [-0.05, 0) is 17.5 Å². The standard InChI is InChI=1S/C13H18BrNO4S/c1-3-9(2)12(13(16)17)15-20(18,19)8-10-6-4-5-7-11(10)14/h4-7,9,12,15H,3,8H2,1-2H3,(H,16,17)/t9-,12-/m0/s1. The number of benzene rings is 1. The van der Waals surface area contributed by atoms with Crippen LogP contribution in [0.1, 0.15) is 25.8 Å². The van der Waals surface area contributed by atoms with Crippen molar-refractivity contribution in [1.29, 1.82) is 0 Å². The molecular formula is C13H18BrNO4S. The Kier molecular flexibility index (Phi) is 6.16. The van der Waals surface area contributed by atoms with Gasteiger partial charge in [0.25, 0.3) is 0 Å². The first-order valence-corrected chi connectivity index (χ1v) is 8.67. The molecule has 5 nitrogen and oxygen atoms in total. The van der Waals surface area contributed by atoms with Gasteiger partial charge in [0, 0.05) is 4.47 Å². The minimum Gasteiger partial charge on any atom is -0.480 e. The van der Waals surface area contributed by atoms with E-state index in [4.69, 9.17) is 5.11 Å². The summed E-state index contributed by atoms with van der Waals surface area (Å²) in [4.78, 5) is 11.2. The summed E-state index contributed by atoms with van der Waals surface area (Å²) in [6.07, 6.45) is 0.578. The number of carbonyl (C=O) groups is 1. The maximum Gasteiger partial charge on any atom is 0.322 e. The SMILES string of the molecule is CC[C@H](C)[C@H](NS(=O)(=O)Cc1ccccc1Br)C(=O)O. The molecule has 0 aromatic heterocycles. The third-order valence-electron chi connectivity index (χ3n) is 3.09. The van der Waals surface area contributed by atoms with Crippen LogP contribution in [0, 0.1) is 5.92 Å². The molecule has 0 fully saturated rings. The van der Waals surface area contributed by atoms with E-state index in [0.717, 1.165) is 0 Å². The van der Waals surface area contributed by atoms with Crippen molar-refractivity contribution >= 4 is 31.9 Å². The van der Waals surface area contributed by atoms with E-state index >= 15 is 0 Å². The van der Waals surface area contributed by atoms with Crippen molar-refractivity contribution in [3.63, 3.8) is 0 Å². The lowest BCUT2D eigenvalue weighted by Gasteiger charge is -2.20. The smallest absolute Gasteiger partial charge is 0.322 e. The average molecular weight is 364 g/mol. The molecule has 2 atom stereocenters. The first-order valence-electron chi connectivity index (χ1n) is 6.23. The number of hydrogen-bond donors (Lipinski definition) is 2.